The first kappa shape index (κ1) is 16.2. The van der Waals surface area contributed by atoms with Gasteiger partial charge in [-0.05, 0) is 37.3 Å². The van der Waals surface area contributed by atoms with Gasteiger partial charge in [-0.15, -0.1) is 0 Å². The van der Waals surface area contributed by atoms with Crippen molar-refractivity contribution < 1.29 is 0 Å². The SMILES string of the molecule is Cc1nn(-c2ccccc2)c2c1cc1c(=O)[nH]c(=O)nc-1n2-c1ccccc1. The Labute approximate surface area is 158 Å². The summed E-state index contributed by atoms with van der Waals surface area (Å²) in [5, 5.41) is 5.51. The van der Waals surface area contributed by atoms with Crippen molar-refractivity contribution >= 4 is 11.0 Å². The highest BCUT2D eigenvalue weighted by atomic mass is 16.2. The molecule has 0 radical (unpaired) electrons. The molecular formula is C21H15N5O2. The number of aryl methyl sites for hydroxylation is 1. The van der Waals surface area contributed by atoms with Crippen LogP contribution < -0.4 is 11.2 Å². The number of aromatic amines is 1. The molecule has 0 unspecified atom stereocenters. The van der Waals surface area contributed by atoms with Crippen LogP contribution >= 0.6 is 0 Å². The summed E-state index contributed by atoms with van der Waals surface area (Å²) in [4.78, 5) is 30.8. The molecule has 7 nitrogen and oxygen atoms in total. The van der Waals surface area contributed by atoms with Gasteiger partial charge in [-0.2, -0.15) is 10.1 Å². The molecule has 0 fully saturated rings. The van der Waals surface area contributed by atoms with Crippen molar-refractivity contribution in [3.63, 3.8) is 0 Å². The molecule has 1 N–H and O–H groups in total. The molecule has 0 amide bonds. The predicted molar refractivity (Wildman–Crippen MR) is 106 cm³/mol. The van der Waals surface area contributed by atoms with Crippen molar-refractivity contribution in [2.24, 2.45) is 0 Å². The van der Waals surface area contributed by atoms with Crippen molar-refractivity contribution in [1.29, 1.82) is 0 Å². The van der Waals surface area contributed by atoms with Crippen LogP contribution in [-0.4, -0.2) is 24.3 Å². The predicted octanol–water partition coefficient (Wildman–Crippen LogP) is 2.67. The molecule has 3 aromatic rings. The van der Waals surface area contributed by atoms with Gasteiger partial charge in [0.25, 0.3) is 5.56 Å². The fourth-order valence-corrected chi connectivity index (χ4v) is 3.48. The molecule has 28 heavy (non-hydrogen) atoms. The largest absolute Gasteiger partial charge is 0.349 e. The molecule has 3 heterocycles. The number of hydrogen-bond donors (Lipinski definition) is 1. The molecular weight excluding hydrogens is 354 g/mol. The Morgan fingerprint density at radius 2 is 1.54 bits per heavy atom. The summed E-state index contributed by atoms with van der Waals surface area (Å²) < 4.78 is 3.62. The summed E-state index contributed by atoms with van der Waals surface area (Å²) in [6.45, 7) is 1.90. The van der Waals surface area contributed by atoms with Crippen LogP contribution in [0.15, 0.2) is 76.3 Å². The Morgan fingerprint density at radius 3 is 2.21 bits per heavy atom. The zero-order valence-corrected chi connectivity index (χ0v) is 15.0. The number of H-pyrrole nitrogens is 1. The highest BCUT2D eigenvalue weighted by Crippen LogP contribution is 2.30. The minimum Gasteiger partial charge on any atom is -0.278 e. The van der Waals surface area contributed by atoms with Gasteiger partial charge >= 0.3 is 5.69 Å². The number of pyridine rings is 1. The van der Waals surface area contributed by atoms with Gasteiger partial charge in [-0.25, -0.2) is 9.48 Å². The Bertz CT molecular complexity index is 1400. The summed E-state index contributed by atoms with van der Waals surface area (Å²) in [5.41, 5.74) is 2.37. The number of nitrogens with one attached hydrogen (secondary N) is 1. The Morgan fingerprint density at radius 1 is 0.893 bits per heavy atom. The first-order valence-electron chi connectivity index (χ1n) is 8.80. The maximum Gasteiger partial charge on any atom is 0.349 e. The van der Waals surface area contributed by atoms with Crippen LogP contribution in [0.4, 0.5) is 0 Å². The number of benzene rings is 2. The van der Waals surface area contributed by atoms with Gasteiger partial charge in [0.15, 0.2) is 5.82 Å². The van der Waals surface area contributed by atoms with Gasteiger partial charge in [-0.1, -0.05) is 36.4 Å². The molecule has 7 heteroatoms. The Kier molecular flexibility index (Phi) is 3.48. The lowest BCUT2D eigenvalue weighted by Crippen LogP contribution is -2.27. The van der Waals surface area contributed by atoms with E-state index >= 15 is 0 Å². The van der Waals surface area contributed by atoms with E-state index in [0.717, 1.165) is 28.1 Å². The number of fused-ring (bicyclic) bond motifs is 2. The minimum atomic E-state index is -0.677. The maximum absolute atomic E-state index is 12.5. The average molecular weight is 369 g/mol. The molecule has 136 valence electrons. The molecule has 2 aliphatic heterocycles. The lowest BCUT2D eigenvalue weighted by Gasteiger charge is -2.17. The highest BCUT2D eigenvalue weighted by molar-refractivity contribution is 5.88. The first-order valence-corrected chi connectivity index (χ1v) is 8.80. The third kappa shape index (κ3) is 2.37. The lowest BCUT2D eigenvalue weighted by atomic mass is 10.1. The second kappa shape index (κ2) is 6.02. The van der Waals surface area contributed by atoms with E-state index in [9.17, 15) is 9.59 Å². The van der Waals surface area contributed by atoms with Gasteiger partial charge in [0.2, 0.25) is 0 Å². The van der Waals surface area contributed by atoms with Crippen LogP contribution in [0, 0.1) is 6.92 Å². The quantitative estimate of drug-likeness (QED) is 0.518. The number of aromatic nitrogens is 5. The van der Waals surface area contributed by atoms with Crippen molar-refractivity contribution in [3.8, 4) is 22.8 Å². The Balaban J connectivity index is 2.05. The third-order valence-corrected chi connectivity index (χ3v) is 4.72. The number of rotatable bonds is 2. The van der Waals surface area contributed by atoms with E-state index in [1.54, 1.807) is 6.07 Å². The van der Waals surface area contributed by atoms with Gasteiger partial charge in [0, 0.05) is 11.1 Å². The van der Waals surface area contributed by atoms with Gasteiger partial charge in [0.1, 0.15) is 5.65 Å². The van der Waals surface area contributed by atoms with Crippen LogP contribution in [0.1, 0.15) is 5.69 Å². The minimum absolute atomic E-state index is 0.296. The zero-order valence-electron chi connectivity index (χ0n) is 15.0. The molecule has 0 atom stereocenters. The van der Waals surface area contributed by atoms with E-state index in [1.807, 2.05) is 76.8 Å². The van der Waals surface area contributed by atoms with E-state index in [4.69, 9.17) is 5.10 Å². The van der Waals surface area contributed by atoms with E-state index in [1.165, 1.54) is 0 Å². The number of para-hydroxylation sites is 2. The van der Waals surface area contributed by atoms with Crippen LogP contribution in [0.5, 0.6) is 0 Å². The van der Waals surface area contributed by atoms with Gasteiger partial charge in [0.05, 0.1) is 16.9 Å². The number of hydrogen-bond acceptors (Lipinski definition) is 4. The average Bonchev–Trinajstić information content (AvgIpc) is 3.04. The molecule has 0 spiro atoms. The van der Waals surface area contributed by atoms with Crippen LogP contribution in [0.25, 0.3) is 33.8 Å². The van der Waals surface area contributed by atoms with Crippen molar-refractivity contribution in [3.05, 3.63) is 93.3 Å². The summed E-state index contributed by atoms with van der Waals surface area (Å²) in [6.07, 6.45) is 0. The summed E-state index contributed by atoms with van der Waals surface area (Å²) in [5.74, 6) is 0.296. The van der Waals surface area contributed by atoms with E-state index < -0.39 is 11.2 Å². The molecule has 0 aliphatic carbocycles. The normalized spacial score (nSPS) is 11.3. The summed E-state index contributed by atoms with van der Waals surface area (Å²) >= 11 is 0. The first-order chi connectivity index (χ1) is 13.6. The fourth-order valence-electron chi connectivity index (χ4n) is 3.48. The monoisotopic (exact) mass is 369 g/mol. The van der Waals surface area contributed by atoms with Crippen molar-refractivity contribution in [2.45, 2.75) is 6.92 Å². The smallest absolute Gasteiger partial charge is 0.278 e. The molecule has 1 aromatic heterocycles. The van der Waals surface area contributed by atoms with Gasteiger partial charge < -0.3 is 0 Å². The second-order valence-corrected chi connectivity index (χ2v) is 6.49. The molecule has 0 saturated heterocycles. The summed E-state index contributed by atoms with van der Waals surface area (Å²) in [6, 6.07) is 21.0. The summed E-state index contributed by atoms with van der Waals surface area (Å²) in [7, 11) is 0. The van der Waals surface area contributed by atoms with Crippen LogP contribution in [-0.2, 0) is 0 Å². The molecule has 2 aromatic carbocycles. The maximum atomic E-state index is 12.5. The lowest BCUT2D eigenvalue weighted by molar-refractivity contribution is 0.851. The van der Waals surface area contributed by atoms with E-state index in [2.05, 4.69) is 9.97 Å². The Hall–Kier alpha value is -4.00. The topological polar surface area (TPSA) is 85.6 Å². The second-order valence-electron chi connectivity index (χ2n) is 6.49. The fraction of sp³-hybridized carbons (Fsp3) is 0.0476. The molecule has 0 bridgehead atoms. The highest BCUT2D eigenvalue weighted by Gasteiger charge is 2.22. The van der Waals surface area contributed by atoms with Gasteiger partial charge in [-0.3, -0.25) is 14.3 Å². The van der Waals surface area contributed by atoms with E-state index in [0.29, 0.717) is 11.4 Å². The van der Waals surface area contributed by atoms with Crippen molar-refractivity contribution in [1.82, 2.24) is 24.3 Å². The van der Waals surface area contributed by atoms with E-state index in [-0.39, 0.29) is 0 Å². The standard InChI is InChI=1S/C21H15N5O2/c1-13-16-12-17-18(22-21(28)23-19(17)27)25(14-8-4-2-5-9-14)20(16)26(24-13)15-10-6-3-7-11-15/h2-12H,1H3,(H,23,27,28). The van der Waals surface area contributed by atoms with Crippen molar-refractivity contribution in [2.75, 3.05) is 0 Å². The zero-order chi connectivity index (χ0) is 19.3. The van der Waals surface area contributed by atoms with Crippen LogP contribution in [0.2, 0.25) is 0 Å². The van der Waals surface area contributed by atoms with Crippen LogP contribution in [0.3, 0.4) is 0 Å². The molecule has 0 saturated carbocycles. The molecule has 5 rings (SSSR count). The number of nitrogens with zero attached hydrogens (tertiary/aromatic N) is 4. The third-order valence-electron chi connectivity index (χ3n) is 4.72. The molecule has 2 aliphatic rings.